The number of hydrogen-bond donors (Lipinski definition) is 2. The van der Waals surface area contributed by atoms with E-state index in [9.17, 15) is 9.59 Å². The third-order valence-electron chi connectivity index (χ3n) is 2.19. The Balaban J connectivity index is 2.33. The molecular formula is C12H13Cl2NO3S. The molecule has 0 bridgehead atoms. The lowest BCUT2D eigenvalue weighted by Crippen LogP contribution is -2.27. The largest absolute Gasteiger partial charge is 0.481 e. The zero-order chi connectivity index (χ0) is 14.3. The first-order chi connectivity index (χ1) is 9.00. The maximum absolute atomic E-state index is 11.7. The maximum Gasteiger partial charge on any atom is 0.313 e. The van der Waals surface area contributed by atoms with E-state index in [1.54, 1.807) is 18.2 Å². The Hall–Kier alpha value is -0.910. The van der Waals surface area contributed by atoms with Crippen molar-refractivity contribution in [1.29, 1.82) is 0 Å². The quantitative estimate of drug-likeness (QED) is 0.757. The van der Waals surface area contributed by atoms with Crippen molar-refractivity contribution in [2.45, 2.75) is 6.42 Å². The van der Waals surface area contributed by atoms with Crippen molar-refractivity contribution in [3.63, 3.8) is 0 Å². The van der Waals surface area contributed by atoms with Gasteiger partial charge in [-0.3, -0.25) is 9.59 Å². The number of carboxylic acid groups (broad SMARTS) is 1. The lowest BCUT2D eigenvalue weighted by molar-refractivity contribution is -0.133. The molecule has 0 saturated carbocycles. The summed E-state index contributed by atoms with van der Waals surface area (Å²) in [5.74, 6) is -0.467. The minimum atomic E-state index is -0.862. The van der Waals surface area contributed by atoms with Crippen molar-refractivity contribution in [2.75, 3.05) is 18.1 Å². The average Bonchev–Trinajstić information content (AvgIpc) is 2.33. The summed E-state index contributed by atoms with van der Waals surface area (Å²) in [6.07, 6.45) is 0.113. The summed E-state index contributed by atoms with van der Waals surface area (Å²) in [7, 11) is 0. The van der Waals surface area contributed by atoms with Crippen LogP contribution >= 0.6 is 35.0 Å². The molecule has 0 radical (unpaired) electrons. The van der Waals surface area contributed by atoms with Gasteiger partial charge in [0.25, 0.3) is 0 Å². The Bertz CT molecular complexity index is 448. The van der Waals surface area contributed by atoms with Crippen LogP contribution in [0.5, 0.6) is 0 Å². The number of carbonyl (C=O) groups is 2. The summed E-state index contributed by atoms with van der Waals surface area (Å²) >= 11 is 13.2. The summed E-state index contributed by atoms with van der Waals surface area (Å²) in [4.78, 5) is 21.9. The van der Waals surface area contributed by atoms with Crippen molar-refractivity contribution >= 4 is 46.8 Å². The lowest BCUT2D eigenvalue weighted by atomic mass is 10.1. The summed E-state index contributed by atoms with van der Waals surface area (Å²) < 4.78 is 0. The number of aliphatic carboxylic acids is 1. The minimum Gasteiger partial charge on any atom is -0.481 e. The van der Waals surface area contributed by atoms with Gasteiger partial charge in [0.15, 0.2) is 0 Å². The Morgan fingerprint density at radius 3 is 2.47 bits per heavy atom. The predicted molar refractivity (Wildman–Crippen MR) is 78.1 cm³/mol. The normalized spacial score (nSPS) is 10.2. The molecule has 1 aromatic carbocycles. The first-order valence-electron chi connectivity index (χ1n) is 5.50. The minimum absolute atomic E-state index is 0.0339. The smallest absolute Gasteiger partial charge is 0.313 e. The molecule has 1 aromatic rings. The van der Waals surface area contributed by atoms with Gasteiger partial charge in [0.1, 0.15) is 0 Å². The SMILES string of the molecule is O=C(O)CSCCNC(=O)Cc1c(Cl)cccc1Cl. The molecule has 7 heteroatoms. The molecule has 0 unspecified atom stereocenters. The van der Waals surface area contributed by atoms with E-state index >= 15 is 0 Å². The van der Waals surface area contributed by atoms with E-state index in [0.717, 1.165) is 0 Å². The molecular weight excluding hydrogens is 309 g/mol. The molecule has 0 aromatic heterocycles. The highest BCUT2D eigenvalue weighted by Crippen LogP contribution is 2.24. The number of nitrogens with one attached hydrogen (secondary N) is 1. The zero-order valence-electron chi connectivity index (χ0n) is 9.99. The van der Waals surface area contributed by atoms with Gasteiger partial charge < -0.3 is 10.4 Å². The summed E-state index contributed by atoms with van der Waals surface area (Å²) in [6.45, 7) is 0.416. The topological polar surface area (TPSA) is 66.4 Å². The van der Waals surface area contributed by atoms with Crippen LogP contribution in [0.2, 0.25) is 10.0 Å². The third kappa shape index (κ3) is 6.18. The van der Waals surface area contributed by atoms with Crippen LogP contribution in [0.25, 0.3) is 0 Å². The van der Waals surface area contributed by atoms with Gasteiger partial charge in [0.05, 0.1) is 12.2 Å². The molecule has 1 amide bonds. The number of hydrogen-bond acceptors (Lipinski definition) is 3. The number of benzene rings is 1. The number of rotatable bonds is 7. The van der Waals surface area contributed by atoms with Crippen molar-refractivity contribution in [3.05, 3.63) is 33.8 Å². The second-order valence-corrected chi connectivity index (χ2v) is 5.59. The van der Waals surface area contributed by atoms with E-state index in [1.165, 1.54) is 11.8 Å². The van der Waals surface area contributed by atoms with Crippen molar-refractivity contribution < 1.29 is 14.7 Å². The number of thioether (sulfide) groups is 1. The Labute approximate surface area is 125 Å². The van der Waals surface area contributed by atoms with Gasteiger partial charge in [0.2, 0.25) is 5.91 Å². The Morgan fingerprint density at radius 2 is 1.89 bits per heavy atom. The van der Waals surface area contributed by atoms with Gasteiger partial charge in [-0.15, -0.1) is 11.8 Å². The molecule has 4 nitrogen and oxygen atoms in total. The van der Waals surface area contributed by atoms with Crippen LogP contribution in [-0.2, 0) is 16.0 Å². The van der Waals surface area contributed by atoms with E-state index in [4.69, 9.17) is 28.3 Å². The molecule has 0 saturated heterocycles. The highest BCUT2D eigenvalue weighted by atomic mass is 35.5. The number of carbonyl (C=O) groups excluding carboxylic acids is 1. The molecule has 0 fully saturated rings. The van der Waals surface area contributed by atoms with E-state index in [0.29, 0.717) is 27.9 Å². The molecule has 19 heavy (non-hydrogen) atoms. The Morgan fingerprint density at radius 1 is 1.26 bits per heavy atom. The molecule has 0 aliphatic heterocycles. The first kappa shape index (κ1) is 16.1. The summed E-state index contributed by atoms with van der Waals surface area (Å²) in [5.41, 5.74) is 0.599. The van der Waals surface area contributed by atoms with Gasteiger partial charge in [-0.2, -0.15) is 0 Å². The van der Waals surface area contributed by atoms with Crippen LogP contribution < -0.4 is 5.32 Å². The van der Waals surface area contributed by atoms with Gasteiger partial charge in [-0.05, 0) is 17.7 Å². The molecule has 0 spiro atoms. The van der Waals surface area contributed by atoms with Crippen LogP contribution in [0.3, 0.4) is 0 Å². The Kier molecular flexibility index (Phi) is 7.05. The van der Waals surface area contributed by atoms with E-state index in [1.807, 2.05) is 0 Å². The van der Waals surface area contributed by atoms with Crippen LogP contribution in [0.1, 0.15) is 5.56 Å². The molecule has 1 rings (SSSR count). The summed E-state index contributed by atoms with van der Waals surface area (Å²) in [5, 5.41) is 12.1. The maximum atomic E-state index is 11.7. The highest BCUT2D eigenvalue weighted by molar-refractivity contribution is 7.99. The number of amides is 1. The second-order valence-electron chi connectivity index (χ2n) is 3.67. The molecule has 0 aliphatic rings. The monoisotopic (exact) mass is 321 g/mol. The second kappa shape index (κ2) is 8.30. The fourth-order valence-corrected chi connectivity index (χ4v) is 2.44. The molecule has 0 heterocycles. The molecule has 0 atom stereocenters. The van der Waals surface area contributed by atoms with Gasteiger partial charge in [-0.1, -0.05) is 29.3 Å². The average molecular weight is 322 g/mol. The van der Waals surface area contributed by atoms with Crippen LogP contribution in [0.4, 0.5) is 0 Å². The third-order valence-corrected chi connectivity index (χ3v) is 3.85. The van der Waals surface area contributed by atoms with E-state index in [2.05, 4.69) is 5.32 Å². The fourth-order valence-electron chi connectivity index (χ4n) is 1.35. The highest BCUT2D eigenvalue weighted by Gasteiger charge is 2.10. The van der Waals surface area contributed by atoms with Gasteiger partial charge >= 0.3 is 5.97 Å². The van der Waals surface area contributed by atoms with Crippen molar-refractivity contribution in [1.82, 2.24) is 5.32 Å². The fraction of sp³-hybridized carbons (Fsp3) is 0.333. The van der Waals surface area contributed by atoms with Gasteiger partial charge in [0, 0.05) is 22.3 Å². The summed E-state index contributed by atoms with van der Waals surface area (Å²) in [6, 6.07) is 5.08. The lowest BCUT2D eigenvalue weighted by Gasteiger charge is -2.07. The van der Waals surface area contributed by atoms with E-state index < -0.39 is 5.97 Å². The molecule has 2 N–H and O–H groups in total. The number of carboxylic acids is 1. The van der Waals surface area contributed by atoms with Crippen molar-refractivity contribution in [2.24, 2.45) is 0 Å². The molecule has 104 valence electrons. The zero-order valence-corrected chi connectivity index (χ0v) is 12.3. The first-order valence-corrected chi connectivity index (χ1v) is 7.41. The van der Waals surface area contributed by atoms with Crippen LogP contribution in [0.15, 0.2) is 18.2 Å². The molecule has 0 aliphatic carbocycles. The number of halogens is 2. The van der Waals surface area contributed by atoms with Gasteiger partial charge in [-0.25, -0.2) is 0 Å². The standard InChI is InChI=1S/C12H13Cl2NO3S/c13-9-2-1-3-10(14)8(9)6-11(16)15-4-5-19-7-12(17)18/h1-3H,4-7H2,(H,15,16)(H,17,18). The van der Waals surface area contributed by atoms with E-state index in [-0.39, 0.29) is 18.1 Å². The van der Waals surface area contributed by atoms with Crippen LogP contribution in [-0.4, -0.2) is 35.0 Å². The van der Waals surface area contributed by atoms with Crippen molar-refractivity contribution in [3.8, 4) is 0 Å². The van der Waals surface area contributed by atoms with Crippen LogP contribution in [0, 0.1) is 0 Å². The predicted octanol–water partition coefficient (Wildman–Crippen LogP) is 2.47.